The summed E-state index contributed by atoms with van der Waals surface area (Å²) in [5, 5.41) is 0. The summed E-state index contributed by atoms with van der Waals surface area (Å²) < 4.78 is 17.3. The Kier molecular flexibility index (Phi) is 5.26. The third-order valence-electron chi connectivity index (χ3n) is 5.13. The molecule has 0 saturated carbocycles. The van der Waals surface area contributed by atoms with Gasteiger partial charge in [0.05, 0.1) is 14.2 Å². The van der Waals surface area contributed by atoms with Crippen molar-refractivity contribution in [3.8, 4) is 11.5 Å². The number of fused-ring (bicyclic) bond motifs is 1. The first-order valence-electron chi connectivity index (χ1n) is 9.17. The van der Waals surface area contributed by atoms with Crippen LogP contribution in [-0.2, 0) is 0 Å². The zero-order chi connectivity index (χ0) is 19.7. The van der Waals surface area contributed by atoms with Gasteiger partial charge in [0.15, 0.2) is 11.5 Å². The molecule has 6 nitrogen and oxygen atoms in total. The molecule has 0 atom stereocenters. The van der Waals surface area contributed by atoms with Gasteiger partial charge in [0.1, 0.15) is 21.5 Å². The van der Waals surface area contributed by atoms with Crippen LogP contribution in [0.1, 0.15) is 35.0 Å². The summed E-state index contributed by atoms with van der Waals surface area (Å²) in [6, 6.07) is 11.3. The molecule has 0 aliphatic carbocycles. The zero-order valence-corrected chi connectivity index (χ0v) is 17.4. The number of amides is 1. The van der Waals surface area contributed by atoms with Crippen LogP contribution in [0.5, 0.6) is 11.5 Å². The molecule has 3 aromatic rings. The number of ether oxygens (including phenoxy) is 2. The Balaban J connectivity index is 1.48. The van der Waals surface area contributed by atoms with E-state index in [4.69, 9.17) is 13.9 Å². The summed E-state index contributed by atoms with van der Waals surface area (Å²) in [7, 11) is 3.14. The molecule has 0 N–H and O–H groups in total. The summed E-state index contributed by atoms with van der Waals surface area (Å²) in [6.45, 7) is 1.31. The van der Waals surface area contributed by atoms with Crippen molar-refractivity contribution in [3.63, 3.8) is 0 Å². The predicted molar refractivity (Wildman–Crippen MR) is 109 cm³/mol. The van der Waals surface area contributed by atoms with Crippen molar-refractivity contribution in [3.05, 3.63) is 52.3 Å². The van der Waals surface area contributed by atoms with Gasteiger partial charge >= 0.3 is 0 Å². The molecule has 0 unspecified atom stereocenters. The zero-order valence-electron chi connectivity index (χ0n) is 15.8. The van der Waals surface area contributed by atoms with Gasteiger partial charge in [-0.15, -0.1) is 0 Å². The van der Waals surface area contributed by atoms with Crippen LogP contribution in [0.4, 0.5) is 0 Å². The SMILES string of the molecule is COc1cc(C(=O)N2CCC(c3nc4ccccc4o3)CC2)cc(OC)c1Br. The van der Waals surface area contributed by atoms with Gasteiger partial charge < -0.3 is 18.8 Å². The van der Waals surface area contributed by atoms with Crippen LogP contribution in [0, 0.1) is 0 Å². The van der Waals surface area contributed by atoms with Gasteiger partial charge in [0.2, 0.25) is 0 Å². The van der Waals surface area contributed by atoms with Crippen molar-refractivity contribution in [2.24, 2.45) is 0 Å². The minimum atomic E-state index is -0.0277. The topological polar surface area (TPSA) is 64.8 Å². The van der Waals surface area contributed by atoms with E-state index in [0.29, 0.717) is 34.6 Å². The summed E-state index contributed by atoms with van der Waals surface area (Å²) in [6.07, 6.45) is 1.65. The molecule has 7 heteroatoms. The van der Waals surface area contributed by atoms with E-state index in [1.54, 1.807) is 26.4 Å². The first-order chi connectivity index (χ1) is 13.6. The standard InChI is InChI=1S/C21H21BrN2O4/c1-26-17-11-14(12-18(27-2)19(17)22)21(25)24-9-7-13(8-10-24)20-23-15-5-3-4-6-16(15)28-20/h3-6,11-13H,7-10H2,1-2H3. The highest BCUT2D eigenvalue weighted by Crippen LogP contribution is 2.36. The molecular weight excluding hydrogens is 424 g/mol. The number of methoxy groups -OCH3 is 2. The molecule has 146 valence electrons. The number of carbonyl (C=O) groups is 1. The van der Waals surface area contributed by atoms with Crippen LogP contribution in [0.3, 0.4) is 0 Å². The number of likely N-dealkylation sites (tertiary alicyclic amines) is 1. The van der Waals surface area contributed by atoms with E-state index in [0.717, 1.165) is 29.8 Å². The summed E-state index contributed by atoms with van der Waals surface area (Å²) in [5.41, 5.74) is 2.24. The van der Waals surface area contributed by atoms with Gasteiger partial charge in [-0.2, -0.15) is 0 Å². The molecule has 1 fully saturated rings. The largest absolute Gasteiger partial charge is 0.495 e. The lowest BCUT2D eigenvalue weighted by atomic mass is 9.96. The number of aromatic nitrogens is 1. The second-order valence-corrected chi connectivity index (χ2v) is 7.57. The molecule has 1 amide bonds. The molecule has 2 aromatic carbocycles. The lowest BCUT2D eigenvalue weighted by molar-refractivity contribution is 0.0706. The predicted octanol–water partition coefficient (Wildman–Crippen LogP) is 4.63. The van der Waals surface area contributed by atoms with Gasteiger partial charge in [-0.05, 0) is 53.0 Å². The lowest BCUT2D eigenvalue weighted by Crippen LogP contribution is -2.38. The molecule has 1 aliphatic rings. The van der Waals surface area contributed by atoms with E-state index in [1.807, 2.05) is 29.2 Å². The Morgan fingerprint density at radius 2 is 1.79 bits per heavy atom. The normalized spacial score (nSPS) is 15.0. The Hall–Kier alpha value is -2.54. The summed E-state index contributed by atoms with van der Waals surface area (Å²) in [4.78, 5) is 19.5. The molecule has 2 heterocycles. The van der Waals surface area contributed by atoms with Crippen molar-refractivity contribution in [1.29, 1.82) is 0 Å². The molecular formula is C21H21BrN2O4. The number of benzene rings is 2. The fourth-order valence-electron chi connectivity index (χ4n) is 3.57. The van der Waals surface area contributed by atoms with Crippen LogP contribution < -0.4 is 9.47 Å². The van der Waals surface area contributed by atoms with Gasteiger partial charge in [0.25, 0.3) is 5.91 Å². The van der Waals surface area contributed by atoms with Crippen molar-refractivity contribution >= 4 is 32.9 Å². The molecule has 0 spiro atoms. The number of para-hydroxylation sites is 2. The van der Waals surface area contributed by atoms with E-state index in [-0.39, 0.29) is 11.8 Å². The fraction of sp³-hybridized carbons (Fsp3) is 0.333. The average Bonchev–Trinajstić information content (AvgIpc) is 3.18. The summed E-state index contributed by atoms with van der Waals surface area (Å²) >= 11 is 3.44. The van der Waals surface area contributed by atoms with Crippen molar-refractivity contribution < 1.29 is 18.7 Å². The first kappa shape index (κ1) is 18.8. The second kappa shape index (κ2) is 7.83. The molecule has 0 radical (unpaired) electrons. The highest BCUT2D eigenvalue weighted by Gasteiger charge is 2.28. The van der Waals surface area contributed by atoms with Crippen molar-refractivity contribution in [1.82, 2.24) is 9.88 Å². The quantitative estimate of drug-likeness (QED) is 0.586. The Labute approximate surface area is 171 Å². The number of piperidine rings is 1. The van der Waals surface area contributed by atoms with E-state index in [2.05, 4.69) is 20.9 Å². The number of oxazole rings is 1. The van der Waals surface area contributed by atoms with Crippen LogP contribution in [0.15, 0.2) is 45.3 Å². The molecule has 1 aromatic heterocycles. The van der Waals surface area contributed by atoms with Gasteiger partial charge in [-0.3, -0.25) is 4.79 Å². The van der Waals surface area contributed by atoms with Crippen molar-refractivity contribution in [2.75, 3.05) is 27.3 Å². The fourth-order valence-corrected chi connectivity index (χ4v) is 4.12. The van der Waals surface area contributed by atoms with Crippen molar-refractivity contribution in [2.45, 2.75) is 18.8 Å². The highest BCUT2D eigenvalue weighted by atomic mass is 79.9. The Bertz CT molecular complexity index is 951. The summed E-state index contributed by atoms with van der Waals surface area (Å²) in [5.74, 6) is 2.11. The highest BCUT2D eigenvalue weighted by molar-refractivity contribution is 9.10. The number of hydrogen-bond acceptors (Lipinski definition) is 5. The molecule has 4 rings (SSSR count). The average molecular weight is 445 g/mol. The first-order valence-corrected chi connectivity index (χ1v) is 9.96. The maximum atomic E-state index is 13.0. The van der Waals surface area contributed by atoms with Gasteiger partial charge in [-0.1, -0.05) is 12.1 Å². The minimum absolute atomic E-state index is 0.0277. The molecule has 1 aliphatic heterocycles. The number of nitrogens with zero attached hydrogens (tertiary/aromatic N) is 2. The lowest BCUT2D eigenvalue weighted by Gasteiger charge is -2.31. The van der Waals surface area contributed by atoms with Gasteiger partial charge in [-0.25, -0.2) is 4.98 Å². The van der Waals surface area contributed by atoms with Crippen LogP contribution >= 0.6 is 15.9 Å². The second-order valence-electron chi connectivity index (χ2n) is 6.78. The van der Waals surface area contributed by atoms with Crippen LogP contribution in [0.2, 0.25) is 0 Å². The van der Waals surface area contributed by atoms with Gasteiger partial charge in [0, 0.05) is 24.6 Å². The smallest absolute Gasteiger partial charge is 0.254 e. The molecule has 0 bridgehead atoms. The molecule has 1 saturated heterocycles. The van der Waals surface area contributed by atoms with E-state index < -0.39 is 0 Å². The number of hydrogen-bond donors (Lipinski definition) is 0. The van der Waals surface area contributed by atoms with E-state index in [9.17, 15) is 4.79 Å². The molecule has 28 heavy (non-hydrogen) atoms. The third-order valence-corrected chi connectivity index (χ3v) is 5.92. The maximum absolute atomic E-state index is 13.0. The Morgan fingerprint density at radius 3 is 2.39 bits per heavy atom. The van der Waals surface area contributed by atoms with E-state index >= 15 is 0 Å². The third kappa shape index (κ3) is 3.46. The Morgan fingerprint density at radius 1 is 1.14 bits per heavy atom. The number of rotatable bonds is 4. The number of carbonyl (C=O) groups excluding carboxylic acids is 1. The van der Waals surface area contributed by atoms with E-state index in [1.165, 1.54) is 0 Å². The van der Waals surface area contributed by atoms with Crippen LogP contribution in [-0.4, -0.2) is 43.1 Å². The van der Waals surface area contributed by atoms with Crippen LogP contribution in [0.25, 0.3) is 11.1 Å². The monoisotopic (exact) mass is 444 g/mol. The minimum Gasteiger partial charge on any atom is -0.495 e. The maximum Gasteiger partial charge on any atom is 0.254 e. The number of halogens is 1.